The van der Waals surface area contributed by atoms with Crippen molar-refractivity contribution in [3.63, 3.8) is 0 Å². The van der Waals surface area contributed by atoms with E-state index in [1.165, 1.54) is 0 Å². The summed E-state index contributed by atoms with van der Waals surface area (Å²) in [6.45, 7) is 32.6. The summed E-state index contributed by atoms with van der Waals surface area (Å²) in [6, 6.07) is 0. The van der Waals surface area contributed by atoms with Gasteiger partial charge in [-0.05, 0) is 92.2 Å². The minimum absolute atomic E-state index is 0.470. The lowest BCUT2D eigenvalue weighted by Gasteiger charge is -2.44. The Bertz CT molecular complexity index is 432. The summed E-state index contributed by atoms with van der Waals surface area (Å²) >= 11 is 0. The normalized spacial score (nSPS) is 18.5. The Hall–Kier alpha value is 0.148. The largest absolute Gasteiger partial charge is 0.511 e. The van der Waals surface area contributed by atoms with Crippen molar-refractivity contribution in [2.24, 2.45) is 0 Å². The van der Waals surface area contributed by atoms with E-state index < -0.39 is 45.4 Å². The molecular weight excluding hydrogens is 409 g/mol. The Morgan fingerprint density at radius 1 is 0.556 bits per heavy atom. The highest BCUT2D eigenvalue weighted by molar-refractivity contribution is 6.89. The van der Waals surface area contributed by atoms with E-state index in [0.29, 0.717) is 0 Å². The topological polar surface area (TPSA) is 46.2 Å². The van der Waals surface area contributed by atoms with E-state index in [-0.39, 0.29) is 0 Å². The average Bonchev–Trinajstić information content (AvgIpc) is 2.29. The van der Waals surface area contributed by atoms with Gasteiger partial charge < -0.3 is 21.2 Å². The first kappa shape index (κ1) is 27.1. The van der Waals surface area contributed by atoms with Crippen LogP contribution in [0.5, 0.6) is 0 Å². The van der Waals surface area contributed by atoms with Gasteiger partial charge >= 0.3 is 17.6 Å². The molecule has 0 aromatic heterocycles. The van der Waals surface area contributed by atoms with Gasteiger partial charge in [0.15, 0.2) is 16.6 Å². The zero-order valence-electron chi connectivity index (χ0n) is 19.6. The van der Waals surface area contributed by atoms with Crippen molar-refractivity contribution in [1.82, 2.24) is 0 Å². The van der Waals surface area contributed by atoms with Crippen LogP contribution in [0.3, 0.4) is 0 Å². The minimum atomic E-state index is -3.31. The van der Waals surface area contributed by atoms with E-state index in [2.05, 4.69) is 52.4 Å². The maximum Gasteiger partial charge on any atom is 0.511 e. The third-order valence-electron chi connectivity index (χ3n) is 2.58. The van der Waals surface area contributed by atoms with Gasteiger partial charge in [0.1, 0.15) is 0 Å². The first-order valence-corrected chi connectivity index (χ1v) is 19.9. The number of hydrogen-bond acceptors (Lipinski definition) is 5. The van der Waals surface area contributed by atoms with E-state index in [9.17, 15) is 0 Å². The summed E-state index contributed by atoms with van der Waals surface area (Å²) in [5, 5.41) is 0. The molecule has 0 bridgehead atoms. The molecule has 0 aromatic carbocycles. The third-order valence-corrected chi connectivity index (χ3v) is 14.8. The van der Waals surface area contributed by atoms with Gasteiger partial charge in [-0.2, -0.15) is 0 Å². The second kappa shape index (κ2) is 8.88. The molecule has 2 unspecified atom stereocenters. The number of rotatable bonds is 10. The lowest BCUT2D eigenvalue weighted by Crippen LogP contribution is -2.65. The monoisotopic (exact) mass is 450 g/mol. The lowest BCUT2D eigenvalue weighted by molar-refractivity contribution is 0.0146. The van der Waals surface area contributed by atoms with Crippen LogP contribution in [0.1, 0.15) is 41.5 Å². The van der Waals surface area contributed by atoms with E-state index in [1.807, 2.05) is 41.5 Å². The van der Waals surface area contributed by atoms with Gasteiger partial charge in [0.25, 0.3) is 0 Å². The van der Waals surface area contributed by atoms with Gasteiger partial charge in [0.05, 0.1) is 11.2 Å². The quantitative estimate of drug-likeness (QED) is 0.402. The van der Waals surface area contributed by atoms with Crippen LogP contribution in [-0.4, -0.2) is 45.4 Å². The van der Waals surface area contributed by atoms with Crippen molar-refractivity contribution in [1.29, 1.82) is 0 Å². The SMILES string of the molecule is C=C[Si](OC(C)(C)C)(O[Si](C)(C)C)O[Si](C=C)(OC(C)(C)C)O[Si](C)(C)C. The Morgan fingerprint density at radius 3 is 0.963 bits per heavy atom. The molecular formula is C18H42O5Si4. The highest BCUT2D eigenvalue weighted by Crippen LogP contribution is 2.32. The zero-order chi connectivity index (χ0) is 21.9. The molecule has 0 heterocycles. The molecule has 160 valence electrons. The summed E-state index contributed by atoms with van der Waals surface area (Å²) in [7, 11) is -10.6. The van der Waals surface area contributed by atoms with Crippen molar-refractivity contribution in [3.8, 4) is 0 Å². The van der Waals surface area contributed by atoms with E-state index >= 15 is 0 Å². The average molecular weight is 451 g/mol. The molecule has 2 atom stereocenters. The molecule has 5 nitrogen and oxygen atoms in total. The molecule has 0 rings (SSSR count). The molecule has 0 aromatic rings. The smallest absolute Gasteiger partial charge is 0.413 e. The van der Waals surface area contributed by atoms with Crippen molar-refractivity contribution in [3.05, 3.63) is 24.6 Å². The van der Waals surface area contributed by atoms with Gasteiger partial charge in [0.2, 0.25) is 0 Å². The fraction of sp³-hybridized carbons (Fsp3) is 0.778. The molecule has 0 spiro atoms. The Kier molecular flexibility index (Phi) is 8.93. The van der Waals surface area contributed by atoms with Crippen LogP contribution in [-0.2, 0) is 21.2 Å². The van der Waals surface area contributed by atoms with Crippen LogP contribution in [0.4, 0.5) is 0 Å². The molecule has 0 saturated heterocycles. The Balaban J connectivity index is 6.30. The second-order valence-corrected chi connectivity index (χ2v) is 25.1. The van der Waals surface area contributed by atoms with Crippen molar-refractivity contribution in [2.75, 3.05) is 0 Å². The highest BCUT2D eigenvalue weighted by atomic mass is 28.5. The summed E-state index contributed by atoms with van der Waals surface area (Å²) < 4.78 is 32.4. The van der Waals surface area contributed by atoms with E-state index in [4.69, 9.17) is 21.2 Å². The summed E-state index contributed by atoms with van der Waals surface area (Å²) in [4.78, 5) is 0. The van der Waals surface area contributed by atoms with Crippen molar-refractivity contribution in [2.45, 2.75) is 92.0 Å². The molecule has 0 aliphatic rings. The van der Waals surface area contributed by atoms with Gasteiger partial charge in [0, 0.05) is 0 Å². The summed E-state index contributed by atoms with van der Waals surface area (Å²) in [5.41, 5.74) is 2.45. The van der Waals surface area contributed by atoms with Crippen LogP contribution in [0.2, 0.25) is 39.3 Å². The van der Waals surface area contributed by atoms with Crippen molar-refractivity contribution >= 4 is 34.2 Å². The van der Waals surface area contributed by atoms with Gasteiger partial charge in [-0.15, -0.1) is 0 Å². The fourth-order valence-corrected chi connectivity index (χ4v) is 15.7. The standard InChI is InChI=1S/C18H42O5Si4/c1-15-26(19-17(3,4)5,21-24(9,10)11)23-27(16-2,20-18(6,7)8)22-25(12,13)14/h15-16H,1-2H2,3-14H3. The molecule has 0 amide bonds. The van der Waals surface area contributed by atoms with Crippen molar-refractivity contribution < 1.29 is 21.2 Å². The molecule has 9 heteroatoms. The third kappa shape index (κ3) is 11.7. The first-order valence-electron chi connectivity index (χ1n) is 9.44. The molecule has 0 radical (unpaired) electrons. The maximum absolute atomic E-state index is 6.65. The molecule has 0 aliphatic carbocycles. The molecule has 0 aliphatic heterocycles. The molecule has 0 saturated carbocycles. The predicted octanol–water partition coefficient (Wildman–Crippen LogP) is 5.66. The van der Waals surface area contributed by atoms with Crippen LogP contribution < -0.4 is 0 Å². The van der Waals surface area contributed by atoms with Gasteiger partial charge in [-0.25, -0.2) is 0 Å². The predicted molar refractivity (Wildman–Crippen MR) is 124 cm³/mol. The maximum atomic E-state index is 6.65. The van der Waals surface area contributed by atoms with Gasteiger partial charge in [-0.3, -0.25) is 0 Å². The van der Waals surface area contributed by atoms with E-state index in [1.54, 1.807) is 11.4 Å². The van der Waals surface area contributed by atoms with Gasteiger partial charge in [-0.1, -0.05) is 13.2 Å². The Morgan fingerprint density at radius 2 is 0.815 bits per heavy atom. The zero-order valence-corrected chi connectivity index (χ0v) is 23.6. The van der Waals surface area contributed by atoms with Crippen LogP contribution in [0, 0.1) is 0 Å². The van der Waals surface area contributed by atoms with E-state index in [0.717, 1.165) is 0 Å². The number of hydrogen-bond donors (Lipinski definition) is 0. The molecule has 27 heavy (non-hydrogen) atoms. The summed E-state index contributed by atoms with van der Waals surface area (Å²) in [5.74, 6) is 0. The van der Waals surface area contributed by atoms with Crippen LogP contribution >= 0.6 is 0 Å². The lowest BCUT2D eigenvalue weighted by atomic mass is 10.2. The van der Waals surface area contributed by atoms with Crippen LogP contribution in [0.15, 0.2) is 24.6 Å². The summed E-state index contributed by atoms with van der Waals surface area (Å²) in [6.07, 6.45) is 0. The van der Waals surface area contributed by atoms with Crippen LogP contribution in [0.25, 0.3) is 0 Å². The Labute approximate surface area is 172 Å². The minimum Gasteiger partial charge on any atom is -0.413 e. The fourth-order valence-electron chi connectivity index (χ4n) is 2.28. The first-order chi connectivity index (χ1) is 11.7. The second-order valence-electron chi connectivity index (χ2n) is 10.6. The highest BCUT2D eigenvalue weighted by Gasteiger charge is 2.56. The molecule has 0 fully saturated rings. The molecule has 0 N–H and O–H groups in total.